The van der Waals surface area contributed by atoms with E-state index in [-0.39, 0.29) is 49.2 Å². The number of esters is 1. The number of anilines is 1. The monoisotopic (exact) mass is 405 g/mol. The number of benzene rings is 1. The molecule has 1 aliphatic heterocycles. The van der Waals surface area contributed by atoms with E-state index in [0.717, 1.165) is 6.26 Å². The number of rotatable bonds is 7. The van der Waals surface area contributed by atoms with Gasteiger partial charge in [-0.15, -0.1) is 0 Å². The molecular formula is C19H20FN3O6. The number of amides is 2. The molecule has 0 saturated carbocycles. The van der Waals surface area contributed by atoms with Crippen LogP contribution >= 0.6 is 0 Å². The lowest BCUT2D eigenvalue weighted by molar-refractivity contribution is -0.119. The Morgan fingerprint density at radius 3 is 2.90 bits per heavy atom. The molecule has 1 saturated heterocycles. The summed E-state index contributed by atoms with van der Waals surface area (Å²) in [6, 6.07) is 4.30. The minimum Gasteiger partial charge on any atom is -0.461 e. The normalized spacial score (nSPS) is 15.9. The van der Waals surface area contributed by atoms with E-state index in [2.05, 4.69) is 10.3 Å². The van der Waals surface area contributed by atoms with Gasteiger partial charge in [0.15, 0.2) is 11.6 Å². The van der Waals surface area contributed by atoms with Crippen molar-refractivity contribution >= 4 is 23.7 Å². The predicted octanol–water partition coefficient (Wildman–Crippen LogP) is 2.04. The molecule has 0 spiro atoms. The van der Waals surface area contributed by atoms with Gasteiger partial charge in [-0.2, -0.15) is 0 Å². The molecule has 2 heterocycles. The lowest BCUT2D eigenvalue weighted by atomic mass is 10.1. The molecule has 1 aromatic carbocycles. The first-order valence-corrected chi connectivity index (χ1v) is 9.00. The van der Waals surface area contributed by atoms with E-state index in [1.165, 1.54) is 24.0 Å². The summed E-state index contributed by atoms with van der Waals surface area (Å²) in [4.78, 5) is 39.9. The van der Waals surface area contributed by atoms with Crippen LogP contribution in [-0.2, 0) is 20.7 Å². The molecule has 1 aliphatic rings. The average molecular weight is 405 g/mol. The molecule has 154 valence electrons. The van der Waals surface area contributed by atoms with Crippen molar-refractivity contribution in [2.45, 2.75) is 26.4 Å². The highest BCUT2D eigenvalue weighted by atomic mass is 19.1. The van der Waals surface area contributed by atoms with Crippen molar-refractivity contribution in [2.24, 2.45) is 0 Å². The van der Waals surface area contributed by atoms with Crippen molar-refractivity contribution in [1.82, 2.24) is 10.3 Å². The summed E-state index contributed by atoms with van der Waals surface area (Å²) in [6.45, 7) is 3.63. The van der Waals surface area contributed by atoms with Crippen LogP contribution in [0.2, 0.25) is 0 Å². The van der Waals surface area contributed by atoms with Gasteiger partial charge in [0.2, 0.25) is 5.91 Å². The predicted molar refractivity (Wildman–Crippen MR) is 98.0 cm³/mol. The number of hydrogen-bond donors (Lipinski definition) is 1. The summed E-state index contributed by atoms with van der Waals surface area (Å²) in [5, 5.41) is 2.58. The third-order valence-corrected chi connectivity index (χ3v) is 4.18. The number of aromatic nitrogens is 1. The molecule has 0 radical (unpaired) electrons. The van der Waals surface area contributed by atoms with Gasteiger partial charge in [-0.25, -0.2) is 19.0 Å². The number of ether oxygens (including phenoxy) is 2. The first kappa shape index (κ1) is 20.3. The molecule has 1 atom stereocenters. The van der Waals surface area contributed by atoms with Crippen LogP contribution in [0, 0.1) is 5.82 Å². The topological polar surface area (TPSA) is 111 Å². The zero-order valence-electron chi connectivity index (χ0n) is 15.9. The number of halogens is 1. The second-order valence-corrected chi connectivity index (χ2v) is 6.35. The number of carbonyl (C=O) groups excluding carboxylic acids is 3. The highest BCUT2D eigenvalue weighted by Crippen LogP contribution is 2.25. The van der Waals surface area contributed by atoms with Crippen LogP contribution in [0.3, 0.4) is 0 Å². The van der Waals surface area contributed by atoms with Crippen LogP contribution in [0.15, 0.2) is 28.9 Å². The van der Waals surface area contributed by atoms with E-state index >= 15 is 0 Å². The number of nitrogens with zero attached hydrogens (tertiary/aromatic N) is 2. The zero-order chi connectivity index (χ0) is 21.0. The first-order chi connectivity index (χ1) is 13.9. The Labute approximate surface area is 165 Å². The quantitative estimate of drug-likeness (QED) is 0.702. The van der Waals surface area contributed by atoms with Crippen LogP contribution in [-0.4, -0.2) is 48.8 Å². The van der Waals surface area contributed by atoms with Gasteiger partial charge in [-0.3, -0.25) is 9.69 Å². The fourth-order valence-corrected chi connectivity index (χ4v) is 2.80. The fraction of sp³-hybridized carbons (Fsp3) is 0.368. The maximum Gasteiger partial charge on any atom is 0.414 e. The molecule has 1 N–H and O–H groups in total. The maximum atomic E-state index is 14.6. The second-order valence-electron chi connectivity index (χ2n) is 6.35. The van der Waals surface area contributed by atoms with E-state index in [4.69, 9.17) is 13.9 Å². The van der Waals surface area contributed by atoms with Crippen molar-refractivity contribution in [3.8, 4) is 0 Å². The molecule has 1 unspecified atom stereocenters. The Hall–Kier alpha value is -3.43. The number of oxazole rings is 1. The summed E-state index contributed by atoms with van der Waals surface area (Å²) < 4.78 is 29.8. The Kier molecular flexibility index (Phi) is 6.10. The van der Waals surface area contributed by atoms with Crippen molar-refractivity contribution in [3.63, 3.8) is 0 Å². The van der Waals surface area contributed by atoms with Gasteiger partial charge >= 0.3 is 12.1 Å². The van der Waals surface area contributed by atoms with Gasteiger partial charge < -0.3 is 19.2 Å². The SMILES string of the molecule is CCOC(=O)c1coc(Cc2ccc(N3CC(CNC(C)=O)OC3=O)cc2F)n1. The molecular weight excluding hydrogens is 385 g/mol. The van der Waals surface area contributed by atoms with Crippen LogP contribution in [0.4, 0.5) is 14.9 Å². The zero-order valence-corrected chi connectivity index (χ0v) is 15.9. The summed E-state index contributed by atoms with van der Waals surface area (Å²) in [6.07, 6.45) is 0.0675. The van der Waals surface area contributed by atoms with Crippen LogP contribution in [0.1, 0.15) is 35.8 Å². The molecule has 2 amide bonds. The molecule has 1 aromatic heterocycles. The minimum absolute atomic E-state index is 0.0175. The summed E-state index contributed by atoms with van der Waals surface area (Å²) in [7, 11) is 0. The van der Waals surface area contributed by atoms with Gasteiger partial charge in [0.05, 0.1) is 31.8 Å². The molecule has 0 bridgehead atoms. The van der Waals surface area contributed by atoms with E-state index in [1.807, 2.05) is 0 Å². The molecule has 0 aliphatic carbocycles. The lowest BCUT2D eigenvalue weighted by Crippen LogP contribution is -2.33. The highest BCUT2D eigenvalue weighted by Gasteiger charge is 2.32. The molecule has 3 rings (SSSR count). The molecule has 10 heteroatoms. The third-order valence-electron chi connectivity index (χ3n) is 4.18. The van der Waals surface area contributed by atoms with Crippen LogP contribution in [0.25, 0.3) is 0 Å². The second kappa shape index (κ2) is 8.72. The smallest absolute Gasteiger partial charge is 0.414 e. The van der Waals surface area contributed by atoms with Gasteiger partial charge in [0, 0.05) is 6.92 Å². The third kappa shape index (κ3) is 4.89. The van der Waals surface area contributed by atoms with E-state index in [1.54, 1.807) is 13.0 Å². The molecule has 2 aromatic rings. The summed E-state index contributed by atoms with van der Waals surface area (Å²) in [5.41, 5.74) is 0.637. The van der Waals surface area contributed by atoms with Gasteiger partial charge in [-0.1, -0.05) is 6.07 Å². The highest BCUT2D eigenvalue weighted by molar-refractivity contribution is 5.90. The van der Waals surface area contributed by atoms with E-state index in [9.17, 15) is 18.8 Å². The van der Waals surface area contributed by atoms with Crippen molar-refractivity contribution in [3.05, 3.63) is 47.4 Å². The fourth-order valence-electron chi connectivity index (χ4n) is 2.80. The summed E-state index contributed by atoms with van der Waals surface area (Å²) in [5.74, 6) is -1.24. The summed E-state index contributed by atoms with van der Waals surface area (Å²) >= 11 is 0. The van der Waals surface area contributed by atoms with Gasteiger partial charge in [0.25, 0.3) is 0 Å². The van der Waals surface area contributed by atoms with Crippen molar-refractivity contribution < 1.29 is 32.7 Å². The van der Waals surface area contributed by atoms with Crippen molar-refractivity contribution in [2.75, 3.05) is 24.6 Å². The van der Waals surface area contributed by atoms with E-state index in [0.29, 0.717) is 5.69 Å². The van der Waals surface area contributed by atoms with Crippen LogP contribution < -0.4 is 10.2 Å². The average Bonchev–Trinajstić information content (AvgIpc) is 3.28. The number of cyclic esters (lactones) is 1. The standard InChI is InChI=1S/C19H20FN3O6/c1-3-27-18(25)16-10-28-17(22-16)6-12-4-5-13(7-15(12)20)23-9-14(29-19(23)26)8-21-11(2)24/h4-5,7,10,14H,3,6,8-9H2,1-2H3,(H,21,24). The Bertz CT molecular complexity index is 928. The molecule has 29 heavy (non-hydrogen) atoms. The largest absolute Gasteiger partial charge is 0.461 e. The Balaban J connectivity index is 1.67. The molecule has 1 fully saturated rings. The van der Waals surface area contributed by atoms with Gasteiger partial charge in [-0.05, 0) is 24.6 Å². The number of nitrogens with one attached hydrogen (secondary N) is 1. The number of carbonyl (C=O) groups is 3. The Morgan fingerprint density at radius 1 is 1.41 bits per heavy atom. The first-order valence-electron chi connectivity index (χ1n) is 9.00. The van der Waals surface area contributed by atoms with E-state index < -0.39 is 24.0 Å². The lowest BCUT2D eigenvalue weighted by Gasteiger charge is -2.14. The van der Waals surface area contributed by atoms with Gasteiger partial charge in [0.1, 0.15) is 18.2 Å². The van der Waals surface area contributed by atoms with Crippen molar-refractivity contribution in [1.29, 1.82) is 0 Å². The number of hydrogen-bond acceptors (Lipinski definition) is 7. The molecule has 9 nitrogen and oxygen atoms in total. The maximum absolute atomic E-state index is 14.6. The minimum atomic E-state index is -0.612. The Morgan fingerprint density at radius 2 is 2.21 bits per heavy atom. The van der Waals surface area contributed by atoms with Crippen LogP contribution in [0.5, 0.6) is 0 Å².